The van der Waals surface area contributed by atoms with Crippen molar-refractivity contribution in [3.63, 3.8) is 0 Å². The van der Waals surface area contributed by atoms with E-state index >= 15 is 0 Å². The van der Waals surface area contributed by atoms with Gasteiger partial charge in [-0.1, -0.05) is 6.07 Å². The Kier molecular flexibility index (Phi) is 5.10. The molecule has 0 N–H and O–H groups in total. The van der Waals surface area contributed by atoms with Crippen molar-refractivity contribution in [2.45, 2.75) is 0 Å². The predicted octanol–water partition coefficient (Wildman–Crippen LogP) is 1.21. The van der Waals surface area contributed by atoms with Crippen molar-refractivity contribution in [1.82, 2.24) is 15.1 Å². The highest BCUT2D eigenvalue weighted by molar-refractivity contribution is 5.78. The molecule has 1 aromatic heterocycles. The number of benzene rings is 1. The second-order valence-corrected chi connectivity index (χ2v) is 5.42. The first kappa shape index (κ1) is 16.0. The average Bonchev–Trinajstić information content (AvgIpc) is 2.67. The number of anilines is 1. The summed E-state index contributed by atoms with van der Waals surface area (Å²) in [5, 5.41) is 7.99. The lowest BCUT2D eigenvalue weighted by molar-refractivity contribution is -0.133. The molecule has 1 amide bonds. The second kappa shape index (κ2) is 7.63. The summed E-state index contributed by atoms with van der Waals surface area (Å²) in [6.07, 6.45) is 1.65. The fraction of sp³-hybridized carbons (Fsp3) is 0.353. The Morgan fingerprint density at radius 3 is 2.62 bits per heavy atom. The zero-order valence-electron chi connectivity index (χ0n) is 13.6. The van der Waals surface area contributed by atoms with Crippen LogP contribution < -0.4 is 14.4 Å². The number of carbonyl (C=O) groups is 1. The monoisotopic (exact) mass is 328 g/mol. The fourth-order valence-corrected chi connectivity index (χ4v) is 2.57. The first-order valence-corrected chi connectivity index (χ1v) is 7.83. The maximum absolute atomic E-state index is 12.3. The van der Waals surface area contributed by atoms with Crippen LogP contribution in [0.5, 0.6) is 11.5 Å². The van der Waals surface area contributed by atoms with E-state index in [1.54, 1.807) is 19.4 Å². The molecule has 0 spiro atoms. The predicted molar refractivity (Wildman–Crippen MR) is 89.3 cm³/mol. The standard InChI is InChI=1S/C17H20N4O3/c1-23-14-4-2-5-15(12-14)24-13-17(22)21-10-8-20(9-11-21)16-6-3-7-18-19-16/h2-7,12H,8-11,13H2,1H3. The van der Waals surface area contributed by atoms with E-state index in [0.717, 1.165) is 18.9 Å². The summed E-state index contributed by atoms with van der Waals surface area (Å²) in [5.74, 6) is 2.16. The van der Waals surface area contributed by atoms with Gasteiger partial charge in [-0.25, -0.2) is 0 Å². The van der Waals surface area contributed by atoms with Crippen LogP contribution in [0.1, 0.15) is 0 Å². The minimum atomic E-state index is -0.0170. The first-order valence-electron chi connectivity index (χ1n) is 7.83. The Labute approximate surface area is 140 Å². The van der Waals surface area contributed by atoms with Gasteiger partial charge in [-0.2, -0.15) is 5.10 Å². The minimum Gasteiger partial charge on any atom is -0.497 e. The topological polar surface area (TPSA) is 67.8 Å². The van der Waals surface area contributed by atoms with E-state index < -0.39 is 0 Å². The molecule has 1 fully saturated rings. The van der Waals surface area contributed by atoms with E-state index in [1.807, 2.05) is 35.2 Å². The third-order valence-electron chi connectivity index (χ3n) is 3.92. The Hall–Kier alpha value is -2.83. The molecule has 0 unspecified atom stereocenters. The van der Waals surface area contributed by atoms with Crippen LogP contribution in [-0.2, 0) is 4.79 Å². The Morgan fingerprint density at radius 1 is 1.12 bits per heavy atom. The van der Waals surface area contributed by atoms with Gasteiger partial charge in [-0.05, 0) is 24.3 Å². The number of amides is 1. The van der Waals surface area contributed by atoms with Crippen molar-refractivity contribution in [2.24, 2.45) is 0 Å². The van der Waals surface area contributed by atoms with E-state index in [4.69, 9.17) is 9.47 Å². The van der Waals surface area contributed by atoms with Gasteiger partial charge in [0.2, 0.25) is 0 Å². The summed E-state index contributed by atoms with van der Waals surface area (Å²) in [7, 11) is 1.60. The molecule has 0 atom stereocenters. The molecule has 24 heavy (non-hydrogen) atoms. The van der Waals surface area contributed by atoms with Gasteiger partial charge in [0.1, 0.15) is 11.5 Å². The average molecular weight is 328 g/mol. The van der Waals surface area contributed by atoms with E-state index in [9.17, 15) is 4.79 Å². The highest BCUT2D eigenvalue weighted by atomic mass is 16.5. The van der Waals surface area contributed by atoms with Crippen LogP contribution in [0.3, 0.4) is 0 Å². The molecule has 126 valence electrons. The third-order valence-corrected chi connectivity index (χ3v) is 3.92. The molecule has 7 heteroatoms. The van der Waals surface area contributed by atoms with E-state index in [-0.39, 0.29) is 12.5 Å². The largest absolute Gasteiger partial charge is 0.497 e. The van der Waals surface area contributed by atoms with Crippen molar-refractivity contribution in [2.75, 3.05) is 44.8 Å². The molecule has 1 aliphatic heterocycles. The number of methoxy groups -OCH3 is 1. The molecule has 0 bridgehead atoms. The molecule has 3 rings (SSSR count). The van der Waals surface area contributed by atoms with Gasteiger partial charge in [0.15, 0.2) is 12.4 Å². The SMILES string of the molecule is COc1cccc(OCC(=O)N2CCN(c3cccnn3)CC2)c1. The number of rotatable bonds is 5. The highest BCUT2D eigenvalue weighted by Gasteiger charge is 2.22. The van der Waals surface area contributed by atoms with Gasteiger partial charge < -0.3 is 19.3 Å². The lowest BCUT2D eigenvalue weighted by Gasteiger charge is -2.35. The van der Waals surface area contributed by atoms with Crippen LogP contribution >= 0.6 is 0 Å². The number of aromatic nitrogens is 2. The zero-order chi connectivity index (χ0) is 16.8. The molecule has 0 aliphatic carbocycles. The van der Waals surface area contributed by atoms with E-state index in [2.05, 4.69) is 15.1 Å². The summed E-state index contributed by atoms with van der Waals surface area (Å²) in [6, 6.07) is 11.0. The zero-order valence-corrected chi connectivity index (χ0v) is 13.6. The second-order valence-electron chi connectivity index (χ2n) is 5.42. The van der Waals surface area contributed by atoms with Crippen molar-refractivity contribution < 1.29 is 14.3 Å². The number of piperazine rings is 1. The minimum absolute atomic E-state index is 0.0170. The number of hydrogen-bond donors (Lipinski definition) is 0. The van der Waals surface area contributed by atoms with Gasteiger partial charge in [0.05, 0.1) is 7.11 Å². The highest BCUT2D eigenvalue weighted by Crippen LogP contribution is 2.19. The Bertz CT molecular complexity index is 673. The molecule has 0 radical (unpaired) electrons. The molecule has 1 aliphatic rings. The van der Waals surface area contributed by atoms with E-state index in [1.165, 1.54) is 0 Å². The summed E-state index contributed by atoms with van der Waals surface area (Å²) >= 11 is 0. The normalized spacial score (nSPS) is 14.4. The molecule has 2 aromatic rings. The van der Waals surface area contributed by atoms with Crippen LogP contribution in [-0.4, -0.2) is 60.9 Å². The number of hydrogen-bond acceptors (Lipinski definition) is 6. The third kappa shape index (κ3) is 3.92. The number of nitrogens with zero attached hydrogens (tertiary/aromatic N) is 4. The summed E-state index contributed by atoms with van der Waals surface area (Å²) < 4.78 is 10.7. The molecular formula is C17H20N4O3. The van der Waals surface area contributed by atoms with Crippen LogP contribution in [0, 0.1) is 0 Å². The van der Waals surface area contributed by atoms with Crippen LogP contribution in [0.25, 0.3) is 0 Å². The lowest BCUT2D eigenvalue weighted by atomic mass is 10.3. The molecule has 1 aromatic carbocycles. The first-order chi connectivity index (χ1) is 11.8. The maximum atomic E-state index is 12.3. The number of carbonyl (C=O) groups excluding carboxylic acids is 1. The molecule has 2 heterocycles. The van der Waals surface area contributed by atoms with Crippen molar-refractivity contribution in [3.8, 4) is 11.5 Å². The van der Waals surface area contributed by atoms with Gasteiger partial charge >= 0.3 is 0 Å². The quantitative estimate of drug-likeness (QED) is 0.822. The van der Waals surface area contributed by atoms with Gasteiger partial charge in [-0.3, -0.25) is 4.79 Å². The lowest BCUT2D eigenvalue weighted by Crippen LogP contribution is -2.50. The van der Waals surface area contributed by atoms with E-state index in [0.29, 0.717) is 24.6 Å². The van der Waals surface area contributed by atoms with Crippen LogP contribution in [0.4, 0.5) is 5.82 Å². The summed E-state index contributed by atoms with van der Waals surface area (Å²) in [5.41, 5.74) is 0. The smallest absolute Gasteiger partial charge is 0.260 e. The molecule has 0 saturated carbocycles. The summed E-state index contributed by atoms with van der Waals surface area (Å²) in [6.45, 7) is 2.80. The van der Waals surface area contributed by atoms with Gasteiger partial charge in [0, 0.05) is 38.4 Å². The maximum Gasteiger partial charge on any atom is 0.260 e. The summed E-state index contributed by atoms with van der Waals surface area (Å²) in [4.78, 5) is 16.2. The van der Waals surface area contributed by atoms with Crippen molar-refractivity contribution in [1.29, 1.82) is 0 Å². The Morgan fingerprint density at radius 2 is 1.92 bits per heavy atom. The molecule has 7 nitrogen and oxygen atoms in total. The molecule has 1 saturated heterocycles. The van der Waals surface area contributed by atoms with Gasteiger partial charge in [0.25, 0.3) is 5.91 Å². The number of ether oxygens (including phenoxy) is 2. The van der Waals surface area contributed by atoms with Crippen LogP contribution in [0.15, 0.2) is 42.6 Å². The Balaban J connectivity index is 1.48. The fourth-order valence-electron chi connectivity index (χ4n) is 2.57. The van der Waals surface area contributed by atoms with Crippen molar-refractivity contribution >= 4 is 11.7 Å². The van der Waals surface area contributed by atoms with Gasteiger partial charge in [-0.15, -0.1) is 5.10 Å². The van der Waals surface area contributed by atoms with Crippen molar-refractivity contribution in [3.05, 3.63) is 42.6 Å². The van der Waals surface area contributed by atoms with Crippen LogP contribution in [0.2, 0.25) is 0 Å². The molecular weight excluding hydrogens is 308 g/mol.